The number of nitrogens with one attached hydrogen (secondary N) is 2. The minimum Gasteiger partial charge on any atom is -0.319 e. The van der Waals surface area contributed by atoms with Gasteiger partial charge in [-0.2, -0.15) is 0 Å². The Morgan fingerprint density at radius 3 is 2.62 bits per heavy atom. The van der Waals surface area contributed by atoms with Crippen molar-refractivity contribution in [3.63, 3.8) is 0 Å². The van der Waals surface area contributed by atoms with E-state index in [1.807, 2.05) is 37.3 Å². The first-order valence-electron chi connectivity index (χ1n) is 9.31. The SMILES string of the molecule is CCCn1c(SC(C)C(=O)Nc2c(C)n(C)n(-c3ccccc3)c2=O)n[nH]c1=O. The Morgan fingerprint density at radius 1 is 1.28 bits per heavy atom. The number of amides is 1. The van der Waals surface area contributed by atoms with Gasteiger partial charge in [-0.15, -0.1) is 5.10 Å². The van der Waals surface area contributed by atoms with E-state index in [-0.39, 0.29) is 22.8 Å². The Morgan fingerprint density at radius 2 is 1.97 bits per heavy atom. The first-order chi connectivity index (χ1) is 13.8. The summed E-state index contributed by atoms with van der Waals surface area (Å²) >= 11 is 1.17. The number of rotatable bonds is 7. The smallest absolute Gasteiger partial charge is 0.319 e. The molecule has 1 aromatic carbocycles. The van der Waals surface area contributed by atoms with Crippen molar-refractivity contribution >= 4 is 23.4 Å². The second kappa shape index (κ2) is 8.56. The molecule has 154 valence electrons. The maximum absolute atomic E-state index is 12.9. The molecule has 0 fully saturated rings. The van der Waals surface area contributed by atoms with Gasteiger partial charge in [0.2, 0.25) is 5.91 Å². The van der Waals surface area contributed by atoms with Gasteiger partial charge in [-0.25, -0.2) is 14.6 Å². The molecule has 2 aromatic heterocycles. The molecule has 0 aliphatic rings. The van der Waals surface area contributed by atoms with Crippen LogP contribution in [-0.2, 0) is 18.4 Å². The molecular formula is C19H24N6O3S. The summed E-state index contributed by atoms with van der Waals surface area (Å²) in [6.07, 6.45) is 0.774. The summed E-state index contributed by atoms with van der Waals surface area (Å²) in [4.78, 5) is 37.5. The Bertz CT molecular complexity index is 1130. The fourth-order valence-corrected chi connectivity index (χ4v) is 3.84. The Hall–Kier alpha value is -3.01. The van der Waals surface area contributed by atoms with Gasteiger partial charge >= 0.3 is 5.69 Å². The van der Waals surface area contributed by atoms with Crippen LogP contribution in [0.4, 0.5) is 5.69 Å². The summed E-state index contributed by atoms with van der Waals surface area (Å²) < 4.78 is 4.72. The molecule has 0 radical (unpaired) electrons. The average Bonchev–Trinajstić information content (AvgIpc) is 3.15. The lowest BCUT2D eigenvalue weighted by Gasteiger charge is -2.11. The van der Waals surface area contributed by atoms with E-state index in [0.717, 1.165) is 6.42 Å². The van der Waals surface area contributed by atoms with Crippen LogP contribution < -0.4 is 16.6 Å². The topological polar surface area (TPSA) is 107 Å². The Kier molecular flexibility index (Phi) is 6.12. The zero-order valence-electron chi connectivity index (χ0n) is 16.8. The number of nitrogens with zero attached hydrogens (tertiary/aromatic N) is 4. The van der Waals surface area contributed by atoms with E-state index in [4.69, 9.17) is 0 Å². The zero-order chi connectivity index (χ0) is 21.1. The largest absolute Gasteiger partial charge is 0.343 e. The predicted octanol–water partition coefficient (Wildman–Crippen LogP) is 1.90. The van der Waals surface area contributed by atoms with Crippen LogP contribution in [0.3, 0.4) is 0 Å². The Balaban J connectivity index is 1.83. The van der Waals surface area contributed by atoms with Crippen LogP contribution in [0.25, 0.3) is 5.69 Å². The van der Waals surface area contributed by atoms with Crippen molar-refractivity contribution in [2.45, 2.75) is 44.1 Å². The normalized spacial score (nSPS) is 12.1. The molecule has 0 spiro atoms. The standard InChI is InChI=1S/C19H24N6O3S/c1-5-11-24-18(28)21-22-19(24)29-13(3)16(26)20-15-12(2)23(4)25(17(15)27)14-9-7-6-8-10-14/h6-10,13H,5,11H2,1-4H3,(H,20,26)(H,21,28). The summed E-state index contributed by atoms with van der Waals surface area (Å²) in [7, 11) is 1.77. The minimum atomic E-state index is -0.551. The van der Waals surface area contributed by atoms with Crippen molar-refractivity contribution in [3.05, 3.63) is 56.9 Å². The van der Waals surface area contributed by atoms with Crippen LogP contribution in [0.15, 0.2) is 45.1 Å². The lowest BCUT2D eigenvalue weighted by molar-refractivity contribution is -0.115. The summed E-state index contributed by atoms with van der Waals surface area (Å²) in [5.41, 5.74) is 0.996. The first kappa shape index (κ1) is 20.7. The molecule has 1 unspecified atom stereocenters. The summed E-state index contributed by atoms with van der Waals surface area (Å²) in [5, 5.41) is 9.05. The first-order valence-corrected chi connectivity index (χ1v) is 10.2. The molecule has 10 heteroatoms. The molecule has 1 atom stereocenters. The number of benzene rings is 1. The van der Waals surface area contributed by atoms with Gasteiger partial charge in [0.05, 0.1) is 16.6 Å². The molecule has 0 aliphatic carbocycles. The van der Waals surface area contributed by atoms with Gasteiger partial charge in [0.1, 0.15) is 5.69 Å². The highest BCUT2D eigenvalue weighted by molar-refractivity contribution is 8.00. The van der Waals surface area contributed by atoms with E-state index in [1.165, 1.54) is 21.0 Å². The number of anilines is 1. The number of H-pyrrole nitrogens is 1. The van der Waals surface area contributed by atoms with Gasteiger partial charge in [0.15, 0.2) is 5.16 Å². The van der Waals surface area contributed by atoms with Crippen molar-refractivity contribution < 1.29 is 4.79 Å². The number of thioether (sulfide) groups is 1. The minimum absolute atomic E-state index is 0.238. The van der Waals surface area contributed by atoms with Crippen molar-refractivity contribution in [1.29, 1.82) is 0 Å². The molecule has 0 bridgehead atoms. The second-order valence-electron chi connectivity index (χ2n) is 6.65. The van der Waals surface area contributed by atoms with E-state index in [1.54, 1.807) is 25.6 Å². The van der Waals surface area contributed by atoms with E-state index < -0.39 is 5.25 Å². The van der Waals surface area contributed by atoms with E-state index in [9.17, 15) is 14.4 Å². The van der Waals surface area contributed by atoms with Gasteiger partial charge in [0, 0.05) is 13.6 Å². The highest BCUT2D eigenvalue weighted by Gasteiger charge is 2.23. The number of hydrogen-bond acceptors (Lipinski definition) is 5. The average molecular weight is 417 g/mol. The summed E-state index contributed by atoms with van der Waals surface area (Å²) in [5.74, 6) is -0.334. The molecule has 0 aliphatic heterocycles. The zero-order valence-corrected chi connectivity index (χ0v) is 17.6. The van der Waals surface area contributed by atoms with Crippen LogP contribution in [0.1, 0.15) is 26.0 Å². The molecule has 2 heterocycles. The second-order valence-corrected chi connectivity index (χ2v) is 7.96. The molecule has 3 rings (SSSR count). The number of carbonyl (C=O) groups excluding carboxylic acids is 1. The van der Waals surface area contributed by atoms with Crippen molar-refractivity contribution in [2.24, 2.45) is 7.05 Å². The van der Waals surface area contributed by atoms with Gasteiger partial charge in [-0.05, 0) is 32.4 Å². The van der Waals surface area contributed by atoms with Crippen molar-refractivity contribution in [2.75, 3.05) is 5.32 Å². The maximum atomic E-state index is 12.9. The molecule has 0 saturated heterocycles. The quantitative estimate of drug-likeness (QED) is 0.572. The van der Waals surface area contributed by atoms with Crippen LogP contribution in [-0.4, -0.2) is 35.3 Å². The van der Waals surface area contributed by atoms with E-state index in [2.05, 4.69) is 15.5 Å². The van der Waals surface area contributed by atoms with Gasteiger partial charge in [0.25, 0.3) is 5.56 Å². The number of aromatic amines is 1. The number of aromatic nitrogens is 5. The third-order valence-corrected chi connectivity index (χ3v) is 5.71. The summed E-state index contributed by atoms with van der Waals surface area (Å²) in [6, 6.07) is 9.23. The molecule has 3 aromatic rings. The fraction of sp³-hybridized carbons (Fsp3) is 0.368. The van der Waals surface area contributed by atoms with Crippen LogP contribution in [0, 0.1) is 6.92 Å². The highest BCUT2D eigenvalue weighted by atomic mass is 32.2. The van der Waals surface area contributed by atoms with Gasteiger partial charge in [-0.3, -0.25) is 18.8 Å². The highest BCUT2D eigenvalue weighted by Crippen LogP contribution is 2.22. The fourth-order valence-electron chi connectivity index (χ4n) is 2.96. The molecule has 2 N–H and O–H groups in total. The molecular weight excluding hydrogens is 392 g/mol. The van der Waals surface area contributed by atoms with E-state index in [0.29, 0.717) is 23.1 Å². The lowest BCUT2D eigenvalue weighted by Crippen LogP contribution is -2.27. The van der Waals surface area contributed by atoms with Crippen LogP contribution in [0.5, 0.6) is 0 Å². The predicted molar refractivity (Wildman–Crippen MR) is 113 cm³/mol. The van der Waals surface area contributed by atoms with Crippen LogP contribution in [0.2, 0.25) is 0 Å². The number of hydrogen-bond donors (Lipinski definition) is 2. The van der Waals surface area contributed by atoms with Gasteiger partial charge < -0.3 is 5.32 Å². The number of carbonyl (C=O) groups is 1. The summed E-state index contributed by atoms with van der Waals surface area (Å²) in [6.45, 7) is 5.97. The molecule has 0 saturated carbocycles. The van der Waals surface area contributed by atoms with E-state index >= 15 is 0 Å². The lowest BCUT2D eigenvalue weighted by atomic mass is 10.3. The van der Waals surface area contributed by atoms with Crippen LogP contribution >= 0.6 is 11.8 Å². The van der Waals surface area contributed by atoms with Gasteiger partial charge in [-0.1, -0.05) is 36.9 Å². The molecule has 1 amide bonds. The Labute approximate surface area is 171 Å². The van der Waals surface area contributed by atoms with Crippen molar-refractivity contribution in [3.8, 4) is 5.69 Å². The van der Waals surface area contributed by atoms with Crippen molar-refractivity contribution in [1.82, 2.24) is 24.1 Å². The third kappa shape index (κ3) is 4.07. The number of para-hydroxylation sites is 1. The monoisotopic (exact) mass is 416 g/mol. The molecule has 9 nitrogen and oxygen atoms in total. The third-order valence-electron chi connectivity index (χ3n) is 4.62. The maximum Gasteiger partial charge on any atom is 0.343 e. The molecule has 29 heavy (non-hydrogen) atoms.